The number of hydrogen-bond acceptors (Lipinski definition) is 3. The molecule has 0 atom stereocenters. The number of likely N-dealkylation sites (N-methyl/N-ethyl adjacent to an activating group) is 1. The molecule has 0 bridgehead atoms. The Morgan fingerprint density at radius 1 is 1.00 bits per heavy atom. The second kappa shape index (κ2) is 7.30. The average Bonchev–Trinajstić information content (AvgIpc) is 2.29. The molecule has 1 aromatic carbocycles. The Bertz CT molecular complexity index is 309. The number of rotatable bonds is 7. The third-order valence-electron chi connectivity index (χ3n) is 2.75. The van der Waals surface area contributed by atoms with E-state index < -0.39 is 0 Å². The van der Waals surface area contributed by atoms with Crippen LogP contribution in [0.25, 0.3) is 0 Å². The summed E-state index contributed by atoms with van der Waals surface area (Å²) in [5, 5.41) is 9.25. The standard InChI is InChI=1S/C14H24N2O/c1-4-9-16(11-10-15(2)3)12-13-5-7-14(17)8-6-13/h5-8,17H,4,9-12H2,1-3H3. The third-order valence-corrected chi connectivity index (χ3v) is 2.75. The minimum atomic E-state index is 0.337. The van der Waals surface area contributed by atoms with Crippen molar-refractivity contribution in [2.24, 2.45) is 0 Å². The maximum absolute atomic E-state index is 9.25. The van der Waals surface area contributed by atoms with Gasteiger partial charge in [-0.25, -0.2) is 0 Å². The van der Waals surface area contributed by atoms with E-state index in [0.29, 0.717) is 5.75 Å². The first-order valence-corrected chi connectivity index (χ1v) is 6.26. The Morgan fingerprint density at radius 2 is 1.65 bits per heavy atom. The van der Waals surface area contributed by atoms with Gasteiger partial charge in [-0.2, -0.15) is 0 Å². The van der Waals surface area contributed by atoms with Gasteiger partial charge in [0.25, 0.3) is 0 Å². The van der Waals surface area contributed by atoms with Crippen LogP contribution in [0, 0.1) is 0 Å². The van der Waals surface area contributed by atoms with E-state index in [1.807, 2.05) is 12.1 Å². The van der Waals surface area contributed by atoms with E-state index in [1.54, 1.807) is 12.1 Å². The summed E-state index contributed by atoms with van der Waals surface area (Å²) in [6, 6.07) is 7.50. The molecule has 1 rings (SSSR count). The lowest BCUT2D eigenvalue weighted by Crippen LogP contribution is -2.31. The van der Waals surface area contributed by atoms with E-state index in [0.717, 1.165) is 26.2 Å². The molecule has 17 heavy (non-hydrogen) atoms. The van der Waals surface area contributed by atoms with E-state index in [2.05, 4.69) is 30.8 Å². The van der Waals surface area contributed by atoms with Gasteiger partial charge < -0.3 is 10.0 Å². The number of aromatic hydroxyl groups is 1. The summed E-state index contributed by atoms with van der Waals surface area (Å²) < 4.78 is 0. The summed E-state index contributed by atoms with van der Waals surface area (Å²) in [5.41, 5.74) is 1.26. The molecule has 1 aromatic rings. The van der Waals surface area contributed by atoms with E-state index in [1.165, 1.54) is 12.0 Å². The molecule has 0 saturated carbocycles. The van der Waals surface area contributed by atoms with Crippen molar-refractivity contribution in [1.29, 1.82) is 0 Å². The molecule has 0 aromatic heterocycles. The van der Waals surface area contributed by atoms with Gasteiger partial charge in [-0.05, 0) is 44.8 Å². The van der Waals surface area contributed by atoms with Gasteiger partial charge in [0.1, 0.15) is 5.75 Å². The molecule has 0 radical (unpaired) electrons. The van der Waals surface area contributed by atoms with Gasteiger partial charge in [0.15, 0.2) is 0 Å². The van der Waals surface area contributed by atoms with Crippen LogP contribution >= 0.6 is 0 Å². The van der Waals surface area contributed by atoms with Crippen molar-refractivity contribution in [3.8, 4) is 5.75 Å². The van der Waals surface area contributed by atoms with Crippen LogP contribution in [-0.4, -0.2) is 48.6 Å². The first-order valence-electron chi connectivity index (χ1n) is 6.26. The molecule has 0 saturated heterocycles. The molecular formula is C14H24N2O. The van der Waals surface area contributed by atoms with E-state index in [9.17, 15) is 5.11 Å². The molecule has 1 N–H and O–H groups in total. The predicted molar refractivity (Wildman–Crippen MR) is 72.2 cm³/mol. The lowest BCUT2D eigenvalue weighted by molar-refractivity contribution is 0.234. The van der Waals surface area contributed by atoms with Crippen molar-refractivity contribution in [2.75, 3.05) is 33.7 Å². The second-order valence-electron chi connectivity index (χ2n) is 4.75. The highest BCUT2D eigenvalue weighted by Gasteiger charge is 2.05. The number of phenols is 1. The zero-order valence-electron chi connectivity index (χ0n) is 11.2. The summed E-state index contributed by atoms with van der Waals surface area (Å²) in [7, 11) is 4.20. The van der Waals surface area contributed by atoms with Crippen molar-refractivity contribution >= 4 is 0 Å². The molecule has 0 unspecified atom stereocenters. The fourth-order valence-electron chi connectivity index (χ4n) is 1.79. The second-order valence-corrected chi connectivity index (χ2v) is 4.75. The van der Waals surface area contributed by atoms with Crippen LogP contribution < -0.4 is 0 Å². The minimum absolute atomic E-state index is 0.337. The number of benzene rings is 1. The molecule has 3 heteroatoms. The zero-order valence-corrected chi connectivity index (χ0v) is 11.2. The summed E-state index contributed by atoms with van der Waals surface area (Å²) >= 11 is 0. The largest absolute Gasteiger partial charge is 0.508 e. The van der Waals surface area contributed by atoms with Gasteiger partial charge in [0.05, 0.1) is 0 Å². The normalized spacial score (nSPS) is 11.4. The SMILES string of the molecule is CCCN(CCN(C)C)Cc1ccc(O)cc1. The lowest BCUT2D eigenvalue weighted by Gasteiger charge is -2.23. The zero-order chi connectivity index (χ0) is 12.7. The average molecular weight is 236 g/mol. The van der Waals surface area contributed by atoms with Crippen LogP contribution in [0.5, 0.6) is 5.75 Å². The van der Waals surface area contributed by atoms with Crippen molar-refractivity contribution in [3.05, 3.63) is 29.8 Å². The predicted octanol–water partition coefficient (Wildman–Crippen LogP) is 2.17. The summed E-state index contributed by atoms with van der Waals surface area (Å²) in [4.78, 5) is 4.66. The van der Waals surface area contributed by atoms with Crippen molar-refractivity contribution in [3.63, 3.8) is 0 Å². The summed E-state index contributed by atoms with van der Waals surface area (Å²) in [6.07, 6.45) is 1.17. The smallest absolute Gasteiger partial charge is 0.115 e. The number of nitrogens with zero attached hydrogens (tertiary/aromatic N) is 2. The molecule has 3 nitrogen and oxygen atoms in total. The molecular weight excluding hydrogens is 212 g/mol. The fourth-order valence-corrected chi connectivity index (χ4v) is 1.79. The number of hydrogen-bond donors (Lipinski definition) is 1. The van der Waals surface area contributed by atoms with Gasteiger partial charge in [0.2, 0.25) is 0 Å². The van der Waals surface area contributed by atoms with Crippen LogP contribution in [0.15, 0.2) is 24.3 Å². The highest BCUT2D eigenvalue weighted by Crippen LogP contribution is 2.11. The topological polar surface area (TPSA) is 26.7 Å². The maximum Gasteiger partial charge on any atom is 0.115 e. The van der Waals surface area contributed by atoms with Crippen molar-refractivity contribution in [1.82, 2.24) is 9.80 Å². The summed E-state index contributed by atoms with van der Waals surface area (Å²) in [5.74, 6) is 0.337. The van der Waals surface area contributed by atoms with E-state index in [4.69, 9.17) is 0 Å². The van der Waals surface area contributed by atoms with Gasteiger partial charge in [0, 0.05) is 19.6 Å². The molecule has 0 fully saturated rings. The first-order chi connectivity index (χ1) is 8.11. The maximum atomic E-state index is 9.25. The fraction of sp³-hybridized carbons (Fsp3) is 0.571. The molecule has 0 heterocycles. The van der Waals surface area contributed by atoms with Gasteiger partial charge >= 0.3 is 0 Å². The molecule has 0 spiro atoms. The third kappa shape index (κ3) is 5.71. The Morgan fingerprint density at radius 3 is 2.18 bits per heavy atom. The number of phenolic OH excluding ortho intramolecular Hbond substituents is 1. The van der Waals surface area contributed by atoms with Crippen LogP contribution in [0.2, 0.25) is 0 Å². The van der Waals surface area contributed by atoms with Gasteiger partial charge in [-0.15, -0.1) is 0 Å². The highest BCUT2D eigenvalue weighted by molar-refractivity contribution is 5.25. The Labute approximate surface area is 105 Å². The van der Waals surface area contributed by atoms with Gasteiger partial charge in [-0.1, -0.05) is 19.1 Å². The van der Waals surface area contributed by atoms with Crippen LogP contribution in [0.1, 0.15) is 18.9 Å². The molecule has 96 valence electrons. The van der Waals surface area contributed by atoms with Gasteiger partial charge in [-0.3, -0.25) is 4.90 Å². The van der Waals surface area contributed by atoms with Crippen LogP contribution in [0.3, 0.4) is 0 Å². The molecule has 0 aliphatic heterocycles. The quantitative estimate of drug-likeness (QED) is 0.786. The van der Waals surface area contributed by atoms with E-state index >= 15 is 0 Å². The van der Waals surface area contributed by atoms with E-state index in [-0.39, 0.29) is 0 Å². The van der Waals surface area contributed by atoms with Crippen LogP contribution in [-0.2, 0) is 6.54 Å². The Kier molecular flexibility index (Phi) is 6.01. The van der Waals surface area contributed by atoms with Crippen molar-refractivity contribution in [2.45, 2.75) is 19.9 Å². The molecule has 0 aliphatic rings. The highest BCUT2D eigenvalue weighted by atomic mass is 16.3. The van der Waals surface area contributed by atoms with Crippen molar-refractivity contribution < 1.29 is 5.11 Å². The molecule has 0 amide bonds. The lowest BCUT2D eigenvalue weighted by atomic mass is 10.2. The monoisotopic (exact) mass is 236 g/mol. The van der Waals surface area contributed by atoms with Crippen LogP contribution in [0.4, 0.5) is 0 Å². The Hall–Kier alpha value is -1.06. The minimum Gasteiger partial charge on any atom is -0.508 e. The Balaban J connectivity index is 2.50. The first kappa shape index (κ1) is 14.0. The molecule has 0 aliphatic carbocycles. The summed E-state index contributed by atoms with van der Waals surface area (Å²) in [6.45, 7) is 6.45.